The maximum Gasteiger partial charge on any atom is 0.263 e. The number of aryl methyl sites for hydroxylation is 2. The lowest BCUT2D eigenvalue weighted by atomic mass is 10.3. The molecule has 2 heterocycles. The van der Waals surface area contributed by atoms with Crippen molar-refractivity contribution in [2.24, 2.45) is 0 Å². The first kappa shape index (κ1) is 17.9. The van der Waals surface area contributed by atoms with Gasteiger partial charge in [0.1, 0.15) is 15.7 Å². The van der Waals surface area contributed by atoms with Gasteiger partial charge < -0.3 is 4.74 Å². The molecule has 0 atom stereocenters. The minimum Gasteiger partial charge on any atom is -0.494 e. The van der Waals surface area contributed by atoms with Gasteiger partial charge in [-0.05, 0) is 51.1 Å². The van der Waals surface area contributed by atoms with Gasteiger partial charge in [0.25, 0.3) is 10.0 Å². The Morgan fingerprint density at radius 2 is 1.92 bits per heavy atom. The Balaban J connectivity index is 1.86. The van der Waals surface area contributed by atoms with Crippen molar-refractivity contribution in [2.45, 2.75) is 25.7 Å². The van der Waals surface area contributed by atoms with Crippen LogP contribution in [0, 0.1) is 13.8 Å². The van der Waals surface area contributed by atoms with Crippen LogP contribution in [-0.2, 0) is 10.0 Å². The molecule has 0 unspecified atom stereocenters. The number of thiazole rings is 1. The van der Waals surface area contributed by atoms with Gasteiger partial charge in [0.2, 0.25) is 0 Å². The van der Waals surface area contributed by atoms with Gasteiger partial charge in [0, 0.05) is 21.6 Å². The second-order valence-electron chi connectivity index (χ2n) is 5.39. The van der Waals surface area contributed by atoms with E-state index in [1.165, 1.54) is 22.7 Å². The summed E-state index contributed by atoms with van der Waals surface area (Å²) in [6.45, 7) is 6.20. The first-order chi connectivity index (χ1) is 11.9. The molecular weight excluding hydrogens is 376 g/mol. The molecule has 0 radical (unpaired) electrons. The molecule has 0 aliphatic heterocycles. The molecule has 0 aliphatic carbocycles. The standard InChI is InChI=1S/C17H18N2O3S3/c1-4-22-14-7-5-13(6-8-14)19-25(20,21)16-9-15(24-12(16)3)17-18-11(2)10-23-17/h5-10,19H,4H2,1-3H3. The first-order valence-corrected chi connectivity index (χ1v) is 10.9. The van der Waals surface area contributed by atoms with Crippen LogP contribution in [0.25, 0.3) is 9.88 Å². The first-order valence-electron chi connectivity index (χ1n) is 7.67. The normalized spacial score (nSPS) is 11.5. The summed E-state index contributed by atoms with van der Waals surface area (Å²) in [6.07, 6.45) is 0. The number of sulfonamides is 1. The van der Waals surface area contributed by atoms with E-state index < -0.39 is 10.0 Å². The number of ether oxygens (including phenoxy) is 1. The van der Waals surface area contributed by atoms with Gasteiger partial charge in [-0.3, -0.25) is 4.72 Å². The SMILES string of the molecule is CCOc1ccc(NS(=O)(=O)c2cc(-c3nc(C)cs3)sc2C)cc1. The number of anilines is 1. The Labute approximate surface area is 155 Å². The van der Waals surface area contributed by atoms with Crippen molar-refractivity contribution >= 4 is 38.4 Å². The zero-order valence-electron chi connectivity index (χ0n) is 14.1. The molecule has 0 spiro atoms. The van der Waals surface area contributed by atoms with Crippen molar-refractivity contribution in [3.8, 4) is 15.6 Å². The Kier molecular flexibility index (Phi) is 5.12. The van der Waals surface area contributed by atoms with E-state index in [1.54, 1.807) is 37.3 Å². The molecule has 5 nitrogen and oxygen atoms in total. The van der Waals surface area contributed by atoms with Gasteiger partial charge >= 0.3 is 0 Å². The smallest absolute Gasteiger partial charge is 0.263 e. The molecular formula is C17H18N2O3S3. The molecule has 0 fully saturated rings. The fraction of sp³-hybridized carbons (Fsp3) is 0.235. The minimum absolute atomic E-state index is 0.286. The van der Waals surface area contributed by atoms with E-state index in [0.29, 0.717) is 18.0 Å². The van der Waals surface area contributed by atoms with Crippen LogP contribution in [0.15, 0.2) is 40.6 Å². The molecule has 0 bridgehead atoms. The zero-order valence-corrected chi connectivity index (χ0v) is 16.5. The molecule has 3 aromatic rings. The maximum atomic E-state index is 12.7. The number of nitrogens with one attached hydrogen (secondary N) is 1. The van der Waals surface area contributed by atoms with Crippen molar-refractivity contribution in [3.05, 3.63) is 46.3 Å². The van der Waals surface area contributed by atoms with Crippen LogP contribution in [0.5, 0.6) is 5.75 Å². The Morgan fingerprint density at radius 1 is 1.20 bits per heavy atom. The van der Waals surface area contributed by atoms with E-state index in [4.69, 9.17) is 4.74 Å². The van der Waals surface area contributed by atoms with Gasteiger partial charge in [-0.25, -0.2) is 13.4 Å². The van der Waals surface area contributed by atoms with Gasteiger partial charge in [-0.2, -0.15) is 0 Å². The van der Waals surface area contributed by atoms with Gasteiger partial charge in [0.15, 0.2) is 0 Å². The van der Waals surface area contributed by atoms with Crippen LogP contribution in [0.3, 0.4) is 0 Å². The summed E-state index contributed by atoms with van der Waals surface area (Å²) >= 11 is 2.95. The van der Waals surface area contributed by atoms with Crippen LogP contribution >= 0.6 is 22.7 Å². The van der Waals surface area contributed by atoms with Crippen LogP contribution in [0.4, 0.5) is 5.69 Å². The number of benzene rings is 1. The highest BCUT2D eigenvalue weighted by Gasteiger charge is 2.21. The van der Waals surface area contributed by atoms with E-state index >= 15 is 0 Å². The lowest BCUT2D eigenvalue weighted by Gasteiger charge is -2.08. The van der Waals surface area contributed by atoms with Crippen LogP contribution in [0.2, 0.25) is 0 Å². The summed E-state index contributed by atoms with van der Waals surface area (Å²) in [6, 6.07) is 8.55. The quantitative estimate of drug-likeness (QED) is 0.659. The number of thiophene rings is 1. The third kappa shape index (κ3) is 4.02. The Morgan fingerprint density at radius 3 is 2.52 bits per heavy atom. The van der Waals surface area contributed by atoms with E-state index in [9.17, 15) is 8.42 Å². The van der Waals surface area contributed by atoms with E-state index in [0.717, 1.165) is 20.5 Å². The van der Waals surface area contributed by atoms with Crippen molar-refractivity contribution in [1.82, 2.24) is 4.98 Å². The Bertz CT molecular complexity index is 973. The summed E-state index contributed by atoms with van der Waals surface area (Å²) < 4.78 is 33.4. The second-order valence-corrected chi connectivity index (χ2v) is 9.15. The van der Waals surface area contributed by atoms with Crippen LogP contribution in [0.1, 0.15) is 17.5 Å². The molecule has 1 N–H and O–H groups in total. The lowest BCUT2D eigenvalue weighted by molar-refractivity contribution is 0.340. The van der Waals surface area contributed by atoms with E-state index in [2.05, 4.69) is 9.71 Å². The maximum absolute atomic E-state index is 12.7. The minimum atomic E-state index is -3.65. The third-order valence-electron chi connectivity index (χ3n) is 3.41. The van der Waals surface area contributed by atoms with E-state index in [-0.39, 0.29) is 4.90 Å². The molecule has 8 heteroatoms. The molecule has 0 amide bonds. The number of hydrogen-bond donors (Lipinski definition) is 1. The van der Waals surface area contributed by atoms with Crippen LogP contribution in [-0.4, -0.2) is 20.0 Å². The highest BCUT2D eigenvalue weighted by Crippen LogP contribution is 2.35. The number of hydrogen-bond acceptors (Lipinski definition) is 6. The predicted molar refractivity (Wildman–Crippen MR) is 103 cm³/mol. The highest BCUT2D eigenvalue weighted by atomic mass is 32.2. The average molecular weight is 395 g/mol. The molecule has 1 aromatic carbocycles. The van der Waals surface area contributed by atoms with Gasteiger partial charge in [0.05, 0.1) is 11.5 Å². The molecule has 0 saturated heterocycles. The fourth-order valence-corrected chi connectivity index (χ4v) is 5.81. The van der Waals surface area contributed by atoms with Crippen molar-refractivity contribution in [1.29, 1.82) is 0 Å². The van der Waals surface area contributed by atoms with Crippen molar-refractivity contribution in [2.75, 3.05) is 11.3 Å². The number of rotatable bonds is 6. The summed E-state index contributed by atoms with van der Waals surface area (Å²) in [5.41, 5.74) is 1.43. The largest absolute Gasteiger partial charge is 0.494 e. The fourth-order valence-electron chi connectivity index (χ4n) is 2.30. The Hall–Kier alpha value is -1.90. The van der Waals surface area contributed by atoms with Gasteiger partial charge in [-0.15, -0.1) is 22.7 Å². The number of nitrogens with zero attached hydrogens (tertiary/aromatic N) is 1. The predicted octanol–water partition coefficient (Wildman–Crippen LogP) is 4.69. The number of aromatic nitrogens is 1. The van der Waals surface area contributed by atoms with Crippen LogP contribution < -0.4 is 9.46 Å². The molecule has 0 aliphatic rings. The molecule has 25 heavy (non-hydrogen) atoms. The second kappa shape index (κ2) is 7.15. The summed E-state index contributed by atoms with van der Waals surface area (Å²) in [7, 11) is -3.65. The average Bonchev–Trinajstić information content (AvgIpc) is 3.15. The monoisotopic (exact) mass is 394 g/mol. The molecule has 0 saturated carbocycles. The molecule has 132 valence electrons. The lowest BCUT2D eigenvalue weighted by Crippen LogP contribution is -2.13. The third-order valence-corrected chi connectivity index (χ3v) is 7.23. The van der Waals surface area contributed by atoms with Crippen molar-refractivity contribution in [3.63, 3.8) is 0 Å². The summed E-state index contributed by atoms with van der Waals surface area (Å²) in [5.74, 6) is 0.707. The summed E-state index contributed by atoms with van der Waals surface area (Å²) in [5, 5.41) is 2.80. The van der Waals surface area contributed by atoms with Crippen molar-refractivity contribution < 1.29 is 13.2 Å². The highest BCUT2D eigenvalue weighted by molar-refractivity contribution is 7.93. The molecule has 3 rings (SSSR count). The van der Waals surface area contributed by atoms with Gasteiger partial charge in [-0.1, -0.05) is 0 Å². The molecule has 2 aromatic heterocycles. The summed E-state index contributed by atoms with van der Waals surface area (Å²) in [4.78, 5) is 6.32. The van der Waals surface area contributed by atoms with E-state index in [1.807, 2.05) is 19.2 Å². The zero-order chi connectivity index (χ0) is 18.0. The topological polar surface area (TPSA) is 68.3 Å².